The fourth-order valence-electron chi connectivity index (χ4n) is 4.01. The van der Waals surface area contributed by atoms with Gasteiger partial charge in [-0.1, -0.05) is 35.9 Å². The summed E-state index contributed by atoms with van der Waals surface area (Å²) >= 11 is 6.19. The van der Waals surface area contributed by atoms with Gasteiger partial charge in [0.05, 0.1) is 12.0 Å². The third-order valence-electron chi connectivity index (χ3n) is 5.54. The molecule has 0 atom stereocenters. The summed E-state index contributed by atoms with van der Waals surface area (Å²) in [5.74, 6) is -0.147. The Balaban J connectivity index is 1.48. The summed E-state index contributed by atoms with van der Waals surface area (Å²) in [4.78, 5) is 32.1. The van der Waals surface area contributed by atoms with E-state index in [1.54, 1.807) is 38.7 Å². The lowest BCUT2D eigenvalue weighted by molar-refractivity contribution is 0.0687. The van der Waals surface area contributed by atoms with Crippen LogP contribution in [-0.4, -0.2) is 31.5 Å². The van der Waals surface area contributed by atoms with Gasteiger partial charge in [0.15, 0.2) is 0 Å². The van der Waals surface area contributed by atoms with Crippen molar-refractivity contribution in [1.29, 1.82) is 0 Å². The topological polar surface area (TPSA) is 60.1 Å². The minimum absolute atomic E-state index is 0.147. The van der Waals surface area contributed by atoms with Crippen molar-refractivity contribution in [2.75, 3.05) is 6.54 Å². The van der Waals surface area contributed by atoms with Crippen LogP contribution in [-0.2, 0) is 13.1 Å². The molecule has 0 saturated heterocycles. The molecule has 0 fully saturated rings. The van der Waals surface area contributed by atoms with Crippen LogP contribution in [0.1, 0.15) is 21.7 Å². The molecule has 7 heteroatoms. The molecule has 4 aromatic rings. The van der Waals surface area contributed by atoms with E-state index >= 15 is 0 Å². The Bertz CT molecular complexity index is 1360. The van der Waals surface area contributed by atoms with E-state index in [-0.39, 0.29) is 11.5 Å². The van der Waals surface area contributed by atoms with Gasteiger partial charge in [-0.15, -0.1) is 0 Å². The summed E-state index contributed by atoms with van der Waals surface area (Å²) in [5, 5.41) is 2.78. The van der Waals surface area contributed by atoms with Gasteiger partial charge in [-0.2, -0.15) is 0 Å². The Labute approximate surface area is 178 Å². The van der Waals surface area contributed by atoms with Crippen LogP contribution >= 0.6 is 11.6 Å². The maximum Gasteiger partial charge on any atom is 0.275 e. The van der Waals surface area contributed by atoms with Crippen LogP contribution in [0.3, 0.4) is 0 Å². The maximum atomic E-state index is 13.1. The maximum absolute atomic E-state index is 13.1. The summed E-state index contributed by atoms with van der Waals surface area (Å²) in [6.07, 6.45) is 3.41. The van der Waals surface area contributed by atoms with Gasteiger partial charge in [-0.25, -0.2) is 4.98 Å². The SMILES string of the molecule is Cc1cn(-c2ccc3n(c2=O)CCN(Cc2cccc4ccc(Cl)cc24)C3=O)cn1. The molecule has 0 N–H and O–H groups in total. The Morgan fingerprint density at radius 2 is 1.93 bits per heavy atom. The number of amides is 1. The first-order valence-corrected chi connectivity index (χ1v) is 10.1. The van der Waals surface area contributed by atoms with Gasteiger partial charge in [-0.3, -0.25) is 9.59 Å². The number of aromatic nitrogens is 3. The molecule has 1 amide bonds. The number of carbonyl (C=O) groups is 1. The van der Waals surface area contributed by atoms with E-state index in [9.17, 15) is 9.59 Å². The van der Waals surface area contributed by atoms with Gasteiger partial charge in [0, 0.05) is 30.9 Å². The molecule has 30 heavy (non-hydrogen) atoms. The second-order valence-electron chi connectivity index (χ2n) is 7.49. The molecule has 1 aliphatic heterocycles. The van der Waals surface area contributed by atoms with Crippen LogP contribution in [0.5, 0.6) is 0 Å². The van der Waals surface area contributed by atoms with Gasteiger partial charge < -0.3 is 14.0 Å². The van der Waals surface area contributed by atoms with Crippen LogP contribution in [0.25, 0.3) is 16.5 Å². The smallest absolute Gasteiger partial charge is 0.275 e. The molecule has 0 saturated carbocycles. The number of carbonyl (C=O) groups excluding carboxylic acids is 1. The van der Waals surface area contributed by atoms with Gasteiger partial charge in [0.2, 0.25) is 0 Å². The Morgan fingerprint density at radius 1 is 1.07 bits per heavy atom. The second kappa shape index (κ2) is 7.15. The third kappa shape index (κ3) is 3.09. The molecule has 0 radical (unpaired) electrons. The van der Waals surface area contributed by atoms with Crippen molar-refractivity contribution in [1.82, 2.24) is 19.0 Å². The number of imidazole rings is 1. The lowest BCUT2D eigenvalue weighted by Crippen LogP contribution is -2.44. The molecule has 0 aliphatic carbocycles. The zero-order chi connectivity index (χ0) is 20.8. The van der Waals surface area contributed by atoms with E-state index in [4.69, 9.17) is 11.6 Å². The molecule has 150 valence electrons. The average molecular weight is 419 g/mol. The van der Waals surface area contributed by atoms with Crippen LogP contribution < -0.4 is 5.56 Å². The van der Waals surface area contributed by atoms with Crippen LogP contribution in [0.2, 0.25) is 5.02 Å². The Kier molecular flexibility index (Phi) is 4.44. The molecular formula is C23H19ClN4O2. The van der Waals surface area contributed by atoms with Crippen LogP contribution in [0, 0.1) is 6.92 Å². The molecule has 3 heterocycles. The first-order valence-electron chi connectivity index (χ1n) is 9.72. The summed E-state index contributed by atoms with van der Waals surface area (Å²) in [6, 6.07) is 15.2. The molecule has 2 aromatic carbocycles. The molecule has 0 spiro atoms. The molecule has 5 rings (SSSR count). The normalized spacial score (nSPS) is 13.7. The van der Waals surface area contributed by atoms with Crippen molar-refractivity contribution in [3.63, 3.8) is 0 Å². The largest absolute Gasteiger partial charge is 0.331 e. The zero-order valence-electron chi connectivity index (χ0n) is 16.4. The number of nitrogens with zero attached hydrogens (tertiary/aromatic N) is 4. The summed E-state index contributed by atoms with van der Waals surface area (Å²) < 4.78 is 3.26. The first-order chi connectivity index (χ1) is 14.5. The highest BCUT2D eigenvalue weighted by Gasteiger charge is 2.26. The summed E-state index contributed by atoms with van der Waals surface area (Å²) in [5.41, 5.74) is 2.57. The number of pyridine rings is 1. The van der Waals surface area contributed by atoms with Crippen molar-refractivity contribution in [2.24, 2.45) is 0 Å². The number of halogens is 1. The van der Waals surface area contributed by atoms with Gasteiger partial charge in [0.25, 0.3) is 11.5 Å². The summed E-state index contributed by atoms with van der Waals surface area (Å²) in [7, 11) is 0. The molecule has 1 aliphatic rings. The van der Waals surface area contributed by atoms with Crippen molar-refractivity contribution in [2.45, 2.75) is 20.0 Å². The minimum atomic E-state index is -0.185. The molecule has 0 bridgehead atoms. The second-order valence-corrected chi connectivity index (χ2v) is 7.93. The lowest BCUT2D eigenvalue weighted by atomic mass is 10.0. The first kappa shape index (κ1) is 18.6. The Morgan fingerprint density at radius 3 is 2.73 bits per heavy atom. The van der Waals surface area contributed by atoms with E-state index in [1.807, 2.05) is 43.3 Å². The lowest BCUT2D eigenvalue weighted by Gasteiger charge is -2.30. The van der Waals surface area contributed by atoms with Crippen molar-refractivity contribution < 1.29 is 4.79 Å². The molecule has 0 unspecified atom stereocenters. The van der Waals surface area contributed by atoms with Crippen LogP contribution in [0.4, 0.5) is 0 Å². The van der Waals surface area contributed by atoms with Gasteiger partial charge in [0.1, 0.15) is 11.4 Å². The van der Waals surface area contributed by atoms with Gasteiger partial charge in [-0.05, 0) is 47.5 Å². The van der Waals surface area contributed by atoms with Crippen molar-refractivity contribution in [3.05, 3.63) is 93.4 Å². The Hall–Kier alpha value is -3.38. The number of rotatable bonds is 3. The number of aryl methyl sites for hydroxylation is 1. The predicted octanol–water partition coefficient (Wildman–Crippen LogP) is 3.81. The van der Waals surface area contributed by atoms with E-state index in [0.29, 0.717) is 36.0 Å². The number of benzene rings is 2. The summed E-state index contributed by atoms with van der Waals surface area (Å²) in [6.45, 7) is 3.25. The monoisotopic (exact) mass is 418 g/mol. The highest BCUT2D eigenvalue weighted by molar-refractivity contribution is 6.31. The van der Waals surface area contributed by atoms with Crippen molar-refractivity contribution >= 4 is 28.3 Å². The number of hydrogen-bond donors (Lipinski definition) is 0. The minimum Gasteiger partial charge on any atom is -0.331 e. The van der Waals surface area contributed by atoms with E-state index in [2.05, 4.69) is 4.98 Å². The van der Waals surface area contributed by atoms with E-state index < -0.39 is 0 Å². The number of hydrogen-bond acceptors (Lipinski definition) is 3. The standard InChI is InChI=1S/C23H19ClN4O2/c1-15-12-27(14-25-15)20-7-8-21-22(29)26(9-10-28(21)23(20)30)13-17-4-2-3-16-5-6-18(24)11-19(16)17/h2-8,11-12,14H,9-10,13H2,1H3. The molecule has 6 nitrogen and oxygen atoms in total. The third-order valence-corrected chi connectivity index (χ3v) is 5.77. The fourth-order valence-corrected chi connectivity index (χ4v) is 4.19. The zero-order valence-corrected chi connectivity index (χ0v) is 17.1. The van der Waals surface area contributed by atoms with Crippen molar-refractivity contribution in [3.8, 4) is 5.69 Å². The van der Waals surface area contributed by atoms with E-state index in [0.717, 1.165) is 22.0 Å². The molecule has 2 aromatic heterocycles. The van der Waals surface area contributed by atoms with E-state index in [1.165, 1.54) is 0 Å². The quantitative estimate of drug-likeness (QED) is 0.508. The molecular weight excluding hydrogens is 400 g/mol. The highest BCUT2D eigenvalue weighted by atomic mass is 35.5. The highest BCUT2D eigenvalue weighted by Crippen LogP contribution is 2.25. The number of fused-ring (bicyclic) bond motifs is 2. The van der Waals surface area contributed by atoms with Gasteiger partial charge >= 0.3 is 0 Å². The van der Waals surface area contributed by atoms with Crippen LogP contribution in [0.15, 0.2) is 65.8 Å². The fraction of sp³-hybridized carbons (Fsp3) is 0.174. The predicted molar refractivity (Wildman–Crippen MR) is 116 cm³/mol. The average Bonchev–Trinajstić information content (AvgIpc) is 3.17.